The Balaban J connectivity index is 1.85. The molecule has 3 heterocycles. The van der Waals surface area contributed by atoms with Crippen LogP contribution in [0.1, 0.15) is 43.2 Å². The van der Waals surface area contributed by atoms with E-state index in [0.717, 1.165) is 25.8 Å². The topological polar surface area (TPSA) is 75.6 Å². The second-order valence-corrected chi connectivity index (χ2v) is 5.47. The van der Waals surface area contributed by atoms with Crippen LogP contribution in [0.15, 0.2) is 12.3 Å². The highest BCUT2D eigenvalue weighted by Crippen LogP contribution is 2.28. The number of anilines is 1. The molecule has 0 bridgehead atoms. The van der Waals surface area contributed by atoms with E-state index in [9.17, 15) is 9.59 Å². The van der Waals surface area contributed by atoms with Gasteiger partial charge in [-0.25, -0.2) is 14.8 Å². The van der Waals surface area contributed by atoms with Crippen molar-refractivity contribution >= 4 is 17.7 Å². The first kappa shape index (κ1) is 14.7. The van der Waals surface area contributed by atoms with E-state index in [0.29, 0.717) is 25.4 Å². The van der Waals surface area contributed by atoms with Gasteiger partial charge in [0.05, 0.1) is 6.61 Å². The maximum absolute atomic E-state index is 12.1. The fourth-order valence-electron chi connectivity index (χ4n) is 3.11. The summed E-state index contributed by atoms with van der Waals surface area (Å²) in [7, 11) is 0. The van der Waals surface area contributed by atoms with Crippen molar-refractivity contribution in [1.82, 2.24) is 14.9 Å². The van der Waals surface area contributed by atoms with Crippen molar-refractivity contribution in [1.29, 1.82) is 0 Å². The summed E-state index contributed by atoms with van der Waals surface area (Å²) in [5, 5.41) is 0. The van der Waals surface area contributed by atoms with Gasteiger partial charge in [0.1, 0.15) is 12.0 Å². The van der Waals surface area contributed by atoms with Gasteiger partial charge in [-0.1, -0.05) is 0 Å². The molecule has 1 amide bonds. The molecular formula is C15H20N4O3. The van der Waals surface area contributed by atoms with E-state index in [1.165, 1.54) is 0 Å². The maximum Gasteiger partial charge on any atom is 0.376 e. The van der Waals surface area contributed by atoms with Crippen molar-refractivity contribution in [2.75, 3.05) is 24.6 Å². The molecule has 1 aromatic rings. The van der Waals surface area contributed by atoms with Gasteiger partial charge < -0.3 is 14.5 Å². The van der Waals surface area contributed by atoms with E-state index >= 15 is 0 Å². The number of nitrogens with zero attached hydrogens (tertiary/aromatic N) is 4. The third-order valence-electron chi connectivity index (χ3n) is 4.11. The normalized spacial score (nSPS) is 21.5. The minimum atomic E-state index is -0.516. The zero-order valence-corrected chi connectivity index (χ0v) is 12.7. The van der Waals surface area contributed by atoms with Gasteiger partial charge in [0.25, 0.3) is 0 Å². The molecule has 2 aliphatic rings. The van der Waals surface area contributed by atoms with E-state index < -0.39 is 5.97 Å². The van der Waals surface area contributed by atoms with Gasteiger partial charge in [0, 0.05) is 25.7 Å². The van der Waals surface area contributed by atoms with Crippen LogP contribution in [0, 0.1) is 0 Å². The number of carbonyl (C=O) groups is 2. The molecule has 1 aromatic heterocycles. The van der Waals surface area contributed by atoms with Crippen molar-refractivity contribution < 1.29 is 14.3 Å². The Morgan fingerprint density at radius 2 is 2.23 bits per heavy atom. The largest absolute Gasteiger partial charge is 0.460 e. The van der Waals surface area contributed by atoms with Crippen LogP contribution in [-0.2, 0) is 9.53 Å². The molecule has 1 unspecified atom stereocenters. The number of ether oxygens (including phenoxy) is 1. The molecular weight excluding hydrogens is 284 g/mol. The van der Waals surface area contributed by atoms with Crippen LogP contribution in [0.25, 0.3) is 0 Å². The Hall–Kier alpha value is -2.18. The summed E-state index contributed by atoms with van der Waals surface area (Å²) < 4.78 is 4.95. The number of hydrogen-bond acceptors (Lipinski definition) is 6. The summed E-state index contributed by atoms with van der Waals surface area (Å²) in [6, 6.07) is 1.78. The summed E-state index contributed by atoms with van der Waals surface area (Å²) in [6.45, 7) is 3.47. The van der Waals surface area contributed by atoms with Crippen LogP contribution in [0.5, 0.6) is 0 Å². The molecule has 3 rings (SSSR count). The summed E-state index contributed by atoms with van der Waals surface area (Å²) >= 11 is 0. The lowest BCUT2D eigenvalue weighted by atomic mass is 10.0. The molecule has 0 spiro atoms. The first-order valence-corrected chi connectivity index (χ1v) is 7.77. The summed E-state index contributed by atoms with van der Waals surface area (Å²) in [5.41, 5.74) is 0. The minimum absolute atomic E-state index is 0.0416. The molecule has 0 radical (unpaired) electrons. The zero-order valence-electron chi connectivity index (χ0n) is 12.7. The Morgan fingerprint density at radius 1 is 1.36 bits per heavy atom. The summed E-state index contributed by atoms with van der Waals surface area (Å²) in [6.07, 6.45) is 5.17. The van der Waals surface area contributed by atoms with Crippen LogP contribution in [0.4, 0.5) is 5.82 Å². The highest BCUT2D eigenvalue weighted by atomic mass is 16.5. The molecule has 22 heavy (non-hydrogen) atoms. The fourth-order valence-corrected chi connectivity index (χ4v) is 3.11. The van der Waals surface area contributed by atoms with Crippen LogP contribution in [0.2, 0.25) is 0 Å². The van der Waals surface area contributed by atoms with E-state index in [-0.39, 0.29) is 17.9 Å². The molecule has 1 atom stereocenters. The van der Waals surface area contributed by atoms with Crippen molar-refractivity contribution in [3.05, 3.63) is 18.1 Å². The highest BCUT2D eigenvalue weighted by molar-refractivity contribution is 5.85. The van der Waals surface area contributed by atoms with Crippen molar-refractivity contribution in [2.45, 2.75) is 38.8 Å². The molecule has 0 aromatic carbocycles. The van der Waals surface area contributed by atoms with Gasteiger partial charge in [-0.3, -0.25) is 4.79 Å². The first-order chi connectivity index (χ1) is 10.7. The Morgan fingerprint density at radius 3 is 3.05 bits per heavy atom. The zero-order chi connectivity index (χ0) is 15.5. The van der Waals surface area contributed by atoms with E-state index in [4.69, 9.17) is 4.74 Å². The number of aromatic nitrogens is 2. The molecule has 2 aliphatic heterocycles. The lowest BCUT2D eigenvalue weighted by molar-refractivity contribution is -0.136. The quantitative estimate of drug-likeness (QED) is 0.781. The number of esters is 1. The van der Waals surface area contributed by atoms with Crippen LogP contribution in [-0.4, -0.2) is 52.6 Å². The monoisotopic (exact) mass is 304 g/mol. The molecule has 118 valence electrons. The predicted octanol–water partition coefficient (Wildman–Crippen LogP) is 1.20. The molecule has 0 saturated carbocycles. The van der Waals surface area contributed by atoms with Crippen molar-refractivity contribution in [3.8, 4) is 0 Å². The Kier molecular flexibility index (Phi) is 4.22. The third kappa shape index (κ3) is 2.75. The van der Waals surface area contributed by atoms with Crippen LogP contribution >= 0.6 is 0 Å². The van der Waals surface area contributed by atoms with Gasteiger partial charge in [-0.05, 0) is 32.3 Å². The number of carbonyl (C=O) groups excluding carboxylic acids is 2. The highest BCUT2D eigenvalue weighted by Gasteiger charge is 2.36. The van der Waals surface area contributed by atoms with E-state index in [2.05, 4.69) is 14.9 Å². The molecule has 0 aliphatic carbocycles. The number of piperidine rings is 1. The lowest BCUT2D eigenvalue weighted by Gasteiger charge is -2.46. The van der Waals surface area contributed by atoms with E-state index in [1.54, 1.807) is 19.2 Å². The fraction of sp³-hybridized carbons (Fsp3) is 0.600. The van der Waals surface area contributed by atoms with Gasteiger partial charge in [0.2, 0.25) is 11.7 Å². The third-order valence-corrected chi connectivity index (χ3v) is 4.11. The second kappa shape index (κ2) is 6.29. The standard InChI is InChI=1S/C15H20N4O3/c1-2-22-15(21)14-16-8-6-11(17-14)18-10-7-13(20)19-9-4-3-5-12(18)19/h6,8,12H,2-5,7,9-10H2,1H3. The Bertz CT molecular complexity index is 578. The maximum atomic E-state index is 12.1. The number of rotatable bonds is 3. The average molecular weight is 304 g/mol. The molecule has 0 N–H and O–H groups in total. The van der Waals surface area contributed by atoms with E-state index in [1.807, 2.05) is 4.90 Å². The smallest absolute Gasteiger partial charge is 0.376 e. The van der Waals surface area contributed by atoms with Crippen LogP contribution < -0.4 is 4.90 Å². The predicted molar refractivity (Wildman–Crippen MR) is 79.3 cm³/mol. The van der Waals surface area contributed by atoms with Gasteiger partial charge in [-0.15, -0.1) is 0 Å². The van der Waals surface area contributed by atoms with Gasteiger partial charge >= 0.3 is 5.97 Å². The number of fused-ring (bicyclic) bond motifs is 1. The van der Waals surface area contributed by atoms with Gasteiger partial charge in [-0.2, -0.15) is 0 Å². The van der Waals surface area contributed by atoms with Gasteiger partial charge in [0.15, 0.2) is 0 Å². The summed E-state index contributed by atoms with van der Waals surface area (Å²) in [4.78, 5) is 36.2. The van der Waals surface area contributed by atoms with Crippen molar-refractivity contribution in [2.24, 2.45) is 0 Å². The molecule has 2 saturated heterocycles. The van der Waals surface area contributed by atoms with Crippen molar-refractivity contribution in [3.63, 3.8) is 0 Å². The SMILES string of the molecule is CCOC(=O)c1nccc(N2CCC(=O)N3CCCCC32)n1. The first-order valence-electron chi connectivity index (χ1n) is 7.77. The molecule has 2 fully saturated rings. The Labute approximate surface area is 129 Å². The van der Waals surface area contributed by atoms with Crippen LogP contribution in [0.3, 0.4) is 0 Å². The second-order valence-electron chi connectivity index (χ2n) is 5.47. The lowest BCUT2D eigenvalue weighted by Crippen LogP contribution is -2.58. The minimum Gasteiger partial charge on any atom is -0.460 e. The molecule has 7 heteroatoms. The molecule has 7 nitrogen and oxygen atoms in total. The average Bonchev–Trinajstić information content (AvgIpc) is 2.56. The number of amides is 1. The number of hydrogen-bond donors (Lipinski definition) is 0. The summed E-state index contributed by atoms with van der Waals surface area (Å²) in [5.74, 6) is 0.444.